The maximum atomic E-state index is 5.73. The molecule has 0 aromatic carbocycles. The molecule has 2 aromatic heterocycles. The maximum absolute atomic E-state index is 5.73. The van der Waals surface area contributed by atoms with Crippen LogP contribution in [0.2, 0.25) is 5.15 Å². The Morgan fingerprint density at radius 3 is 2.85 bits per heavy atom. The van der Waals surface area contributed by atoms with Gasteiger partial charge < -0.3 is 5.73 Å². The summed E-state index contributed by atoms with van der Waals surface area (Å²) in [5.74, 6) is 0. The van der Waals surface area contributed by atoms with Crippen LogP contribution in [0.3, 0.4) is 0 Å². The molecular formula is C7H7ClN4S. The van der Waals surface area contributed by atoms with Crippen molar-refractivity contribution in [2.45, 2.75) is 0 Å². The zero-order valence-electron chi connectivity index (χ0n) is 6.86. The number of anilines is 1. The fourth-order valence-corrected chi connectivity index (χ4v) is 1.89. The molecule has 2 aromatic rings. The van der Waals surface area contributed by atoms with Gasteiger partial charge in [0.2, 0.25) is 0 Å². The molecule has 0 aliphatic heterocycles. The number of aryl methyl sites for hydroxylation is 1. The standard InChI is InChI=1S/C7H7ClN4S/c1-12-3-2-4(11-12)7-10-5(8)6(9)13-7/h2-3H,9H2,1H3. The summed E-state index contributed by atoms with van der Waals surface area (Å²) in [7, 11) is 1.85. The lowest BCUT2D eigenvalue weighted by Gasteiger charge is -1.86. The third-order valence-corrected chi connectivity index (χ3v) is 2.85. The van der Waals surface area contributed by atoms with E-state index in [1.54, 1.807) is 4.68 Å². The van der Waals surface area contributed by atoms with Crippen molar-refractivity contribution in [2.75, 3.05) is 5.73 Å². The second kappa shape index (κ2) is 3.01. The van der Waals surface area contributed by atoms with Crippen LogP contribution in [0.15, 0.2) is 12.3 Å². The van der Waals surface area contributed by atoms with Gasteiger partial charge in [0.05, 0.1) is 0 Å². The van der Waals surface area contributed by atoms with Crippen molar-refractivity contribution in [3.8, 4) is 10.7 Å². The summed E-state index contributed by atoms with van der Waals surface area (Å²) >= 11 is 7.07. The number of rotatable bonds is 1. The van der Waals surface area contributed by atoms with Crippen molar-refractivity contribution in [3.05, 3.63) is 17.4 Å². The van der Waals surface area contributed by atoms with Gasteiger partial charge in [0, 0.05) is 13.2 Å². The lowest BCUT2D eigenvalue weighted by Crippen LogP contribution is -1.87. The Balaban J connectivity index is 2.46. The average Bonchev–Trinajstić information content (AvgIpc) is 2.61. The molecule has 0 atom stereocenters. The second-order valence-corrected chi connectivity index (χ2v) is 3.94. The fraction of sp³-hybridized carbons (Fsp3) is 0.143. The van der Waals surface area contributed by atoms with Gasteiger partial charge in [0.15, 0.2) is 5.15 Å². The summed E-state index contributed by atoms with van der Waals surface area (Å²) in [4.78, 5) is 4.08. The van der Waals surface area contributed by atoms with Crippen LogP contribution in [-0.2, 0) is 7.05 Å². The number of nitrogen functional groups attached to an aromatic ring is 1. The van der Waals surface area contributed by atoms with Gasteiger partial charge in [-0.25, -0.2) is 4.98 Å². The van der Waals surface area contributed by atoms with E-state index in [1.165, 1.54) is 11.3 Å². The molecule has 13 heavy (non-hydrogen) atoms. The van der Waals surface area contributed by atoms with Crippen molar-refractivity contribution in [1.82, 2.24) is 14.8 Å². The number of nitrogens with zero attached hydrogens (tertiary/aromatic N) is 3. The predicted octanol–water partition coefficient (Wildman–Crippen LogP) is 1.78. The highest BCUT2D eigenvalue weighted by molar-refractivity contribution is 7.19. The smallest absolute Gasteiger partial charge is 0.164 e. The Hall–Kier alpha value is -1.07. The topological polar surface area (TPSA) is 56.7 Å². The molecule has 0 aliphatic rings. The minimum atomic E-state index is 0.352. The molecule has 0 saturated carbocycles. The van der Waals surface area contributed by atoms with Gasteiger partial charge >= 0.3 is 0 Å². The second-order valence-electron chi connectivity index (χ2n) is 2.55. The fourth-order valence-electron chi connectivity index (χ4n) is 0.952. The molecule has 68 valence electrons. The number of aromatic nitrogens is 3. The number of thiazole rings is 1. The largest absolute Gasteiger partial charge is 0.388 e. The van der Waals surface area contributed by atoms with E-state index in [9.17, 15) is 0 Å². The lowest BCUT2D eigenvalue weighted by atomic mass is 10.5. The van der Waals surface area contributed by atoms with Crippen LogP contribution in [0.1, 0.15) is 0 Å². The van der Waals surface area contributed by atoms with E-state index in [0.29, 0.717) is 10.2 Å². The Kier molecular flexibility index (Phi) is 1.97. The van der Waals surface area contributed by atoms with Crippen molar-refractivity contribution < 1.29 is 0 Å². The summed E-state index contributed by atoms with van der Waals surface area (Å²) in [5.41, 5.74) is 6.37. The molecule has 2 N–H and O–H groups in total. The Morgan fingerprint density at radius 2 is 2.38 bits per heavy atom. The van der Waals surface area contributed by atoms with E-state index in [2.05, 4.69) is 10.1 Å². The first kappa shape index (κ1) is 8.52. The van der Waals surface area contributed by atoms with Crippen LogP contribution in [0.5, 0.6) is 0 Å². The molecule has 0 amide bonds. The first-order chi connectivity index (χ1) is 6.16. The SMILES string of the molecule is Cn1ccc(-c2nc(Cl)c(N)s2)n1. The normalized spacial score (nSPS) is 10.6. The molecular weight excluding hydrogens is 208 g/mol. The Morgan fingerprint density at radius 1 is 1.62 bits per heavy atom. The van der Waals surface area contributed by atoms with Gasteiger partial charge in [-0.1, -0.05) is 22.9 Å². The Labute approximate surface area is 84.0 Å². The van der Waals surface area contributed by atoms with Crippen LogP contribution in [0.25, 0.3) is 10.7 Å². The number of hydrogen-bond acceptors (Lipinski definition) is 4. The molecule has 0 saturated heterocycles. The quantitative estimate of drug-likeness (QED) is 0.787. The first-order valence-corrected chi connectivity index (χ1v) is 4.78. The van der Waals surface area contributed by atoms with Crippen LogP contribution >= 0.6 is 22.9 Å². The molecule has 4 nitrogen and oxygen atoms in total. The van der Waals surface area contributed by atoms with Gasteiger partial charge in [-0.15, -0.1) is 0 Å². The van der Waals surface area contributed by atoms with Gasteiger partial charge in [-0.2, -0.15) is 5.10 Å². The first-order valence-electron chi connectivity index (χ1n) is 3.58. The van der Waals surface area contributed by atoms with Crippen molar-refractivity contribution >= 4 is 27.9 Å². The van der Waals surface area contributed by atoms with E-state index in [-0.39, 0.29) is 0 Å². The zero-order chi connectivity index (χ0) is 9.42. The molecule has 0 radical (unpaired) electrons. The van der Waals surface area contributed by atoms with Gasteiger partial charge in [-0.05, 0) is 6.07 Å². The Bertz CT molecular complexity index is 414. The van der Waals surface area contributed by atoms with E-state index < -0.39 is 0 Å². The molecule has 2 heterocycles. The molecule has 0 aliphatic carbocycles. The number of hydrogen-bond donors (Lipinski definition) is 1. The van der Waals surface area contributed by atoms with E-state index >= 15 is 0 Å². The maximum Gasteiger partial charge on any atom is 0.164 e. The van der Waals surface area contributed by atoms with Crippen molar-refractivity contribution in [3.63, 3.8) is 0 Å². The summed E-state index contributed by atoms with van der Waals surface area (Å²) in [6.07, 6.45) is 1.85. The minimum absolute atomic E-state index is 0.352. The summed E-state index contributed by atoms with van der Waals surface area (Å²) in [6, 6.07) is 1.87. The molecule has 6 heteroatoms. The molecule has 0 unspecified atom stereocenters. The monoisotopic (exact) mass is 214 g/mol. The van der Waals surface area contributed by atoms with Crippen LogP contribution < -0.4 is 5.73 Å². The van der Waals surface area contributed by atoms with Crippen molar-refractivity contribution in [1.29, 1.82) is 0 Å². The molecule has 0 spiro atoms. The molecule has 0 fully saturated rings. The molecule has 2 rings (SSSR count). The summed E-state index contributed by atoms with van der Waals surface area (Å²) in [6.45, 7) is 0. The van der Waals surface area contributed by atoms with Crippen LogP contribution in [-0.4, -0.2) is 14.8 Å². The average molecular weight is 215 g/mol. The summed E-state index contributed by atoms with van der Waals surface area (Å²) in [5, 5.41) is 5.82. The highest BCUT2D eigenvalue weighted by Gasteiger charge is 2.09. The highest BCUT2D eigenvalue weighted by atomic mass is 35.5. The third-order valence-electron chi connectivity index (χ3n) is 1.54. The summed E-state index contributed by atoms with van der Waals surface area (Å²) < 4.78 is 1.71. The van der Waals surface area contributed by atoms with Crippen LogP contribution in [0.4, 0.5) is 5.00 Å². The predicted molar refractivity (Wildman–Crippen MR) is 53.7 cm³/mol. The van der Waals surface area contributed by atoms with Crippen molar-refractivity contribution in [2.24, 2.45) is 7.05 Å². The minimum Gasteiger partial charge on any atom is -0.388 e. The number of nitrogens with two attached hydrogens (primary N) is 1. The zero-order valence-corrected chi connectivity index (χ0v) is 8.43. The van der Waals surface area contributed by atoms with Gasteiger partial charge in [-0.3, -0.25) is 4.68 Å². The van der Waals surface area contributed by atoms with E-state index in [1.807, 2.05) is 19.3 Å². The molecule has 0 bridgehead atoms. The van der Waals surface area contributed by atoms with Gasteiger partial charge in [0.25, 0.3) is 0 Å². The van der Waals surface area contributed by atoms with E-state index in [4.69, 9.17) is 17.3 Å². The number of halogens is 1. The third kappa shape index (κ3) is 1.52. The van der Waals surface area contributed by atoms with Crippen LogP contribution in [0, 0.1) is 0 Å². The highest BCUT2D eigenvalue weighted by Crippen LogP contribution is 2.31. The lowest BCUT2D eigenvalue weighted by molar-refractivity contribution is 0.770. The van der Waals surface area contributed by atoms with Gasteiger partial charge in [0.1, 0.15) is 15.7 Å². The van der Waals surface area contributed by atoms with E-state index in [0.717, 1.165) is 10.7 Å².